The van der Waals surface area contributed by atoms with E-state index in [1.54, 1.807) is 6.20 Å². The Labute approximate surface area is 171 Å². The van der Waals surface area contributed by atoms with Gasteiger partial charge in [-0.2, -0.15) is 0 Å². The summed E-state index contributed by atoms with van der Waals surface area (Å²) in [6.07, 6.45) is 3.77. The van der Waals surface area contributed by atoms with Crippen LogP contribution in [-0.2, 0) is 6.54 Å². The van der Waals surface area contributed by atoms with Gasteiger partial charge in [0, 0.05) is 23.7 Å². The van der Waals surface area contributed by atoms with Crippen molar-refractivity contribution in [3.05, 3.63) is 75.8 Å². The van der Waals surface area contributed by atoms with E-state index in [1.807, 2.05) is 17.5 Å². The molecule has 1 aliphatic heterocycles. The largest absolute Gasteiger partial charge is 0.298 e. The Morgan fingerprint density at radius 1 is 1.29 bits per heavy atom. The highest BCUT2D eigenvalue weighted by atomic mass is 35.5. The van der Waals surface area contributed by atoms with Crippen LogP contribution in [0.1, 0.15) is 40.6 Å². The molecule has 1 saturated heterocycles. The first-order chi connectivity index (χ1) is 13.6. The molecule has 0 saturated carbocycles. The highest BCUT2D eigenvalue weighted by Gasteiger charge is 2.28. The van der Waals surface area contributed by atoms with Gasteiger partial charge in [0.1, 0.15) is 5.82 Å². The molecule has 2 aromatic heterocycles. The van der Waals surface area contributed by atoms with Crippen molar-refractivity contribution in [2.45, 2.75) is 25.4 Å². The number of benzene rings is 1. The van der Waals surface area contributed by atoms with Gasteiger partial charge in [-0.1, -0.05) is 11.6 Å². The lowest BCUT2D eigenvalue weighted by Crippen LogP contribution is -2.23. The van der Waals surface area contributed by atoms with Crippen LogP contribution in [0.3, 0.4) is 0 Å². The van der Waals surface area contributed by atoms with Gasteiger partial charge in [-0.25, -0.2) is 9.37 Å². The van der Waals surface area contributed by atoms with Crippen molar-refractivity contribution in [1.82, 2.24) is 14.9 Å². The summed E-state index contributed by atoms with van der Waals surface area (Å²) >= 11 is 7.31. The number of likely N-dealkylation sites (tertiary alicyclic amines) is 1. The number of rotatable bonds is 5. The maximum absolute atomic E-state index is 13.0. The molecule has 1 fully saturated rings. The molecule has 0 radical (unpaired) electrons. The second-order valence-electron chi connectivity index (χ2n) is 6.63. The average Bonchev–Trinajstić information content (AvgIpc) is 3.33. The topological polar surface area (TPSA) is 58.1 Å². The number of hydrogen-bond donors (Lipinski definition) is 1. The SMILES string of the molecule is O=C(Nc1nc(C2CCCN2Cc2ccc(Cl)cn2)cs1)c1ccc(F)cc1. The lowest BCUT2D eigenvalue weighted by Gasteiger charge is -2.22. The standard InChI is InChI=1S/C20H18ClFN4OS/c21-14-5-8-16(23-10-14)11-26-9-1-2-18(26)17-12-28-20(24-17)25-19(27)13-3-6-15(22)7-4-13/h3-8,10,12,18H,1-2,9,11H2,(H,24,25,27). The van der Waals surface area contributed by atoms with Crippen LogP contribution in [0.4, 0.5) is 9.52 Å². The van der Waals surface area contributed by atoms with Crippen LogP contribution >= 0.6 is 22.9 Å². The number of nitrogens with one attached hydrogen (secondary N) is 1. The molecule has 1 amide bonds. The molecule has 144 valence electrons. The molecule has 0 aliphatic carbocycles. The fourth-order valence-electron chi connectivity index (χ4n) is 3.33. The molecule has 28 heavy (non-hydrogen) atoms. The quantitative estimate of drug-likeness (QED) is 0.641. The number of thiazole rings is 1. The molecule has 5 nitrogen and oxygen atoms in total. The molecule has 0 bridgehead atoms. The van der Waals surface area contributed by atoms with Gasteiger partial charge in [0.2, 0.25) is 0 Å². The number of hydrogen-bond acceptors (Lipinski definition) is 5. The van der Waals surface area contributed by atoms with E-state index in [9.17, 15) is 9.18 Å². The van der Waals surface area contributed by atoms with Gasteiger partial charge in [-0.3, -0.25) is 20.0 Å². The van der Waals surface area contributed by atoms with Crippen molar-refractivity contribution in [2.75, 3.05) is 11.9 Å². The molecule has 3 aromatic rings. The van der Waals surface area contributed by atoms with Gasteiger partial charge in [0.25, 0.3) is 5.91 Å². The fraction of sp³-hybridized carbons (Fsp3) is 0.250. The van der Waals surface area contributed by atoms with E-state index in [2.05, 4.69) is 20.2 Å². The maximum Gasteiger partial charge on any atom is 0.257 e. The van der Waals surface area contributed by atoms with E-state index in [0.29, 0.717) is 15.7 Å². The van der Waals surface area contributed by atoms with Crippen LogP contribution in [0.2, 0.25) is 5.02 Å². The van der Waals surface area contributed by atoms with Crippen LogP contribution < -0.4 is 5.32 Å². The number of carbonyl (C=O) groups is 1. The van der Waals surface area contributed by atoms with Crippen LogP contribution in [0.5, 0.6) is 0 Å². The monoisotopic (exact) mass is 416 g/mol. The molecular weight excluding hydrogens is 399 g/mol. The van der Waals surface area contributed by atoms with Gasteiger partial charge in [-0.05, 0) is 55.8 Å². The average molecular weight is 417 g/mol. The summed E-state index contributed by atoms with van der Waals surface area (Å²) in [4.78, 5) is 23.6. The maximum atomic E-state index is 13.0. The molecule has 4 rings (SSSR count). The van der Waals surface area contributed by atoms with E-state index in [-0.39, 0.29) is 17.8 Å². The number of amides is 1. The number of pyridine rings is 1. The number of aromatic nitrogens is 2. The summed E-state index contributed by atoms with van der Waals surface area (Å²) < 4.78 is 13.0. The fourth-order valence-corrected chi connectivity index (χ4v) is 4.19. The Morgan fingerprint density at radius 3 is 2.86 bits per heavy atom. The van der Waals surface area contributed by atoms with Crippen molar-refractivity contribution in [3.63, 3.8) is 0 Å². The van der Waals surface area contributed by atoms with E-state index < -0.39 is 0 Å². The smallest absolute Gasteiger partial charge is 0.257 e. The third-order valence-corrected chi connectivity index (χ3v) is 5.71. The summed E-state index contributed by atoms with van der Waals surface area (Å²) in [5, 5.41) is 5.95. The zero-order valence-electron chi connectivity index (χ0n) is 14.9. The van der Waals surface area contributed by atoms with Crippen LogP contribution in [0.15, 0.2) is 48.0 Å². The molecule has 1 atom stereocenters. The summed E-state index contributed by atoms with van der Waals surface area (Å²) in [6, 6.07) is 9.43. The minimum atomic E-state index is -0.371. The highest BCUT2D eigenvalue weighted by molar-refractivity contribution is 7.14. The minimum Gasteiger partial charge on any atom is -0.298 e. The van der Waals surface area contributed by atoms with Crippen LogP contribution in [0, 0.1) is 5.82 Å². The van der Waals surface area contributed by atoms with Crippen molar-refractivity contribution in [1.29, 1.82) is 0 Å². The molecule has 1 aliphatic rings. The Morgan fingerprint density at radius 2 is 2.11 bits per heavy atom. The van der Waals surface area contributed by atoms with Crippen LogP contribution in [-0.4, -0.2) is 27.3 Å². The molecule has 1 unspecified atom stereocenters. The van der Waals surface area contributed by atoms with Gasteiger partial charge in [0.15, 0.2) is 5.13 Å². The van der Waals surface area contributed by atoms with E-state index in [1.165, 1.54) is 35.6 Å². The predicted molar refractivity (Wildman–Crippen MR) is 108 cm³/mol. The molecule has 1 N–H and O–H groups in total. The van der Waals surface area contributed by atoms with E-state index in [4.69, 9.17) is 11.6 Å². The van der Waals surface area contributed by atoms with Crippen molar-refractivity contribution in [3.8, 4) is 0 Å². The molecule has 1 aromatic carbocycles. The van der Waals surface area contributed by atoms with Crippen molar-refractivity contribution < 1.29 is 9.18 Å². The molecule has 0 spiro atoms. The third kappa shape index (κ3) is 4.38. The van der Waals surface area contributed by atoms with Gasteiger partial charge in [-0.15, -0.1) is 11.3 Å². The summed E-state index contributed by atoms with van der Waals surface area (Å²) in [5.41, 5.74) is 2.32. The Hall–Kier alpha value is -2.35. The Balaban J connectivity index is 1.43. The number of carbonyl (C=O) groups excluding carboxylic acids is 1. The Bertz CT molecular complexity index is 961. The summed E-state index contributed by atoms with van der Waals surface area (Å²) in [5.74, 6) is -0.667. The predicted octanol–water partition coefficient (Wildman–Crippen LogP) is 4.92. The van der Waals surface area contributed by atoms with Gasteiger partial charge in [0.05, 0.1) is 22.5 Å². The number of nitrogens with zero attached hydrogens (tertiary/aromatic N) is 3. The normalized spacial score (nSPS) is 17.0. The molecule has 3 heterocycles. The second-order valence-corrected chi connectivity index (χ2v) is 7.93. The first kappa shape index (κ1) is 19.0. The van der Waals surface area contributed by atoms with E-state index in [0.717, 1.165) is 37.3 Å². The lowest BCUT2D eigenvalue weighted by molar-refractivity contribution is 0.102. The Kier molecular flexibility index (Phi) is 5.66. The number of anilines is 1. The van der Waals surface area contributed by atoms with E-state index >= 15 is 0 Å². The molecular formula is C20H18ClFN4OS. The van der Waals surface area contributed by atoms with Gasteiger partial charge >= 0.3 is 0 Å². The van der Waals surface area contributed by atoms with Crippen molar-refractivity contribution in [2.24, 2.45) is 0 Å². The van der Waals surface area contributed by atoms with Crippen LogP contribution in [0.25, 0.3) is 0 Å². The highest BCUT2D eigenvalue weighted by Crippen LogP contribution is 2.34. The first-order valence-corrected chi connectivity index (χ1v) is 10.2. The van der Waals surface area contributed by atoms with Crippen molar-refractivity contribution >= 4 is 34.0 Å². The van der Waals surface area contributed by atoms with Gasteiger partial charge < -0.3 is 0 Å². The lowest BCUT2D eigenvalue weighted by atomic mass is 10.1. The number of halogens is 2. The summed E-state index contributed by atoms with van der Waals surface area (Å²) in [6.45, 7) is 1.71. The second kappa shape index (κ2) is 8.34. The zero-order chi connectivity index (χ0) is 19.5. The third-order valence-electron chi connectivity index (χ3n) is 4.71. The first-order valence-electron chi connectivity index (χ1n) is 8.95. The zero-order valence-corrected chi connectivity index (χ0v) is 16.5. The molecule has 8 heteroatoms. The summed E-state index contributed by atoms with van der Waals surface area (Å²) in [7, 11) is 0. The minimum absolute atomic E-state index is 0.199.